The van der Waals surface area contributed by atoms with Crippen molar-refractivity contribution >= 4 is 29.6 Å². The minimum atomic E-state index is -0.888. The van der Waals surface area contributed by atoms with Gasteiger partial charge in [-0.05, 0) is 42.5 Å². The summed E-state index contributed by atoms with van der Waals surface area (Å²) < 4.78 is 0. The number of carboxylic acids is 1. The molecule has 1 aromatic rings. The molecular weight excluding hydrogens is 278 g/mol. The Morgan fingerprint density at radius 2 is 2.20 bits per heavy atom. The maximum Gasteiger partial charge on any atom is 0.305 e. The summed E-state index contributed by atoms with van der Waals surface area (Å²) in [4.78, 5) is 22.6. The highest BCUT2D eigenvalue weighted by Crippen LogP contribution is 2.34. The summed E-state index contributed by atoms with van der Waals surface area (Å²) in [5, 5.41) is 12.2. The van der Waals surface area contributed by atoms with Crippen molar-refractivity contribution in [1.82, 2.24) is 5.32 Å². The van der Waals surface area contributed by atoms with E-state index in [1.165, 1.54) is 6.08 Å². The van der Waals surface area contributed by atoms with E-state index in [-0.39, 0.29) is 18.4 Å². The number of hydrogen-bond donors (Lipinski definition) is 2. The normalized spacial score (nSPS) is 16.1. The molecule has 0 radical (unpaired) electrons. The van der Waals surface area contributed by atoms with Crippen LogP contribution in [0.1, 0.15) is 24.8 Å². The minimum absolute atomic E-state index is 0.0264. The van der Waals surface area contributed by atoms with E-state index in [0.29, 0.717) is 10.9 Å². The molecule has 5 heteroatoms. The van der Waals surface area contributed by atoms with Gasteiger partial charge in [-0.15, -0.1) is 0 Å². The number of hydrogen-bond acceptors (Lipinski definition) is 2. The lowest BCUT2D eigenvalue weighted by Crippen LogP contribution is -2.37. The standard InChI is InChI=1S/C15H16ClNO3/c16-12-3-1-2-10(8-12)4-7-14(18)17-13(9-15(19)20)11-5-6-11/h1-4,7-8,11,13H,5-6,9H2,(H,17,18)(H,19,20)/b7-4+. The molecule has 0 bridgehead atoms. The molecule has 1 atom stereocenters. The first-order valence-corrected chi connectivity index (χ1v) is 6.88. The number of aliphatic carboxylic acids is 1. The SMILES string of the molecule is O=C(O)CC(NC(=O)/C=C/c1cccc(Cl)c1)C1CC1. The van der Waals surface area contributed by atoms with Gasteiger partial charge in [0.05, 0.1) is 6.42 Å². The maximum atomic E-state index is 11.8. The van der Waals surface area contributed by atoms with Gasteiger partial charge in [-0.1, -0.05) is 23.7 Å². The Kier molecular flexibility index (Phi) is 4.79. The molecule has 1 unspecified atom stereocenters. The fourth-order valence-electron chi connectivity index (χ4n) is 2.04. The van der Waals surface area contributed by atoms with Crippen molar-refractivity contribution in [3.63, 3.8) is 0 Å². The van der Waals surface area contributed by atoms with Crippen LogP contribution < -0.4 is 5.32 Å². The van der Waals surface area contributed by atoms with Gasteiger partial charge in [0.1, 0.15) is 0 Å². The van der Waals surface area contributed by atoms with Crippen LogP contribution in [0.5, 0.6) is 0 Å². The van der Waals surface area contributed by atoms with Gasteiger partial charge in [0, 0.05) is 17.1 Å². The lowest BCUT2D eigenvalue weighted by atomic mass is 10.1. The molecule has 1 amide bonds. The molecule has 0 aromatic heterocycles. The van der Waals surface area contributed by atoms with Crippen LogP contribution in [0, 0.1) is 5.92 Å². The Bertz CT molecular complexity index is 538. The Morgan fingerprint density at radius 1 is 1.45 bits per heavy atom. The molecule has 2 N–H and O–H groups in total. The Morgan fingerprint density at radius 3 is 2.80 bits per heavy atom. The van der Waals surface area contributed by atoms with Crippen LogP contribution in [-0.4, -0.2) is 23.0 Å². The fourth-order valence-corrected chi connectivity index (χ4v) is 2.23. The Balaban J connectivity index is 1.92. The molecule has 1 aliphatic rings. The van der Waals surface area contributed by atoms with Gasteiger partial charge in [0.2, 0.25) is 5.91 Å². The van der Waals surface area contributed by atoms with Gasteiger partial charge in [0.25, 0.3) is 0 Å². The number of carboxylic acid groups (broad SMARTS) is 1. The summed E-state index contributed by atoms with van der Waals surface area (Å²) in [5.41, 5.74) is 0.828. The van der Waals surface area contributed by atoms with E-state index in [2.05, 4.69) is 5.32 Å². The quantitative estimate of drug-likeness (QED) is 0.793. The number of carbonyl (C=O) groups excluding carboxylic acids is 1. The number of halogens is 1. The van der Waals surface area contributed by atoms with Crippen molar-refractivity contribution in [1.29, 1.82) is 0 Å². The maximum absolute atomic E-state index is 11.8. The van der Waals surface area contributed by atoms with Crippen LogP contribution >= 0.6 is 11.6 Å². The van der Waals surface area contributed by atoms with Gasteiger partial charge >= 0.3 is 5.97 Å². The summed E-state index contributed by atoms with van der Waals surface area (Å²) >= 11 is 5.85. The number of rotatable bonds is 6. The zero-order valence-corrected chi connectivity index (χ0v) is 11.6. The first-order valence-electron chi connectivity index (χ1n) is 6.50. The van der Waals surface area contributed by atoms with Gasteiger partial charge < -0.3 is 10.4 Å². The van der Waals surface area contributed by atoms with E-state index in [1.54, 1.807) is 24.3 Å². The van der Waals surface area contributed by atoms with Crippen molar-refractivity contribution in [3.05, 3.63) is 40.9 Å². The molecule has 106 valence electrons. The first-order chi connectivity index (χ1) is 9.54. The molecule has 2 rings (SSSR count). The second-order valence-corrected chi connectivity index (χ2v) is 5.38. The van der Waals surface area contributed by atoms with Gasteiger partial charge in [-0.2, -0.15) is 0 Å². The van der Waals surface area contributed by atoms with Crippen LogP contribution in [-0.2, 0) is 9.59 Å². The van der Waals surface area contributed by atoms with Crippen molar-refractivity contribution < 1.29 is 14.7 Å². The number of nitrogens with one attached hydrogen (secondary N) is 1. The number of amides is 1. The number of carbonyl (C=O) groups is 2. The van der Waals surface area contributed by atoms with Gasteiger partial charge in [-0.3, -0.25) is 9.59 Å². The summed E-state index contributed by atoms with van der Waals surface area (Å²) in [6, 6.07) is 6.88. The molecule has 1 aliphatic carbocycles. The highest BCUT2D eigenvalue weighted by atomic mass is 35.5. The van der Waals surface area contributed by atoms with Crippen LogP contribution in [0.4, 0.5) is 0 Å². The summed E-state index contributed by atoms with van der Waals surface area (Å²) in [7, 11) is 0. The monoisotopic (exact) mass is 293 g/mol. The molecule has 1 aromatic carbocycles. The topological polar surface area (TPSA) is 66.4 Å². The van der Waals surface area contributed by atoms with E-state index in [4.69, 9.17) is 16.7 Å². The molecule has 0 saturated heterocycles. The highest BCUT2D eigenvalue weighted by Gasteiger charge is 2.33. The molecule has 0 aliphatic heterocycles. The zero-order valence-electron chi connectivity index (χ0n) is 10.9. The van der Waals surface area contributed by atoms with Crippen molar-refractivity contribution in [2.45, 2.75) is 25.3 Å². The van der Waals surface area contributed by atoms with Gasteiger partial charge in [0.15, 0.2) is 0 Å². The van der Waals surface area contributed by atoms with Crippen LogP contribution in [0.25, 0.3) is 6.08 Å². The molecule has 20 heavy (non-hydrogen) atoms. The summed E-state index contributed by atoms with van der Waals surface area (Å²) in [6.07, 6.45) is 5.00. The number of benzene rings is 1. The molecule has 1 fully saturated rings. The second kappa shape index (κ2) is 6.57. The molecule has 4 nitrogen and oxygen atoms in total. The second-order valence-electron chi connectivity index (χ2n) is 4.94. The first kappa shape index (κ1) is 14.6. The lowest BCUT2D eigenvalue weighted by Gasteiger charge is -2.14. The predicted molar refractivity (Wildman–Crippen MR) is 77.4 cm³/mol. The Labute approximate surface area is 122 Å². The predicted octanol–water partition coefficient (Wildman–Crippen LogP) is 2.72. The summed E-state index contributed by atoms with van der Waals surface area (Å²) in [5.74, 6) is -0.862. The minimum Gasteiger partial charge on any atom is -0.481 e. The van der Waals surface area contributed by atoms with Gasteiger partial charge in [-0.25, -0.2) is 0 Å². The smallest absolute Gasteiger partial charge is 0.305 e. The lowest BCUT2D eigenvalue weighted by molar-refractivity contribution is -0.137. The van der Waals surface area contributed by atoms with Crippen molar-refractivity contribution in [3.8, 4) is 0 Å². The average molecular weight is 294 g/mol. The van der Waals surface area contributed by atoms with E-state index >= 15 is 0 Å². The zero-order chi connectivity index (χ0) is 14.5. The third kappa shape index (κ3) is 4.70. The van der Waals surface area contributed by atoms with Crippen molar-refractivity contribution in [2.24, 2.45) is 5.92 Å². The average Bonchev–Trinajstić information content (AvgIpc) is 3.19. The molecule has 1 saturated carbocycles. The van der Waals surface area contributed by atoms with Crippen molar-refractivity contribution in [2.75, 3.05) is 0 Å². The fraction of sp³-hybridized carbons (Fsp3) is 0.333. The van der Waals surface area contributed by atoms with E-state index < -0.39 is 5.97 Å². The van der Waals surface area contributed by atoms with Crippen LogP contribution in [0.2, 0.25) is 5.02 Å². The Hall–Kier alpha value is -1.81. The highest BCUT2D eigenvalue weighted by molar-refractivity contribution is 6.30. The summed E-state index contributed by atoms with van der Waals surface area (Å²) in [6.45, 7) is 0. The van der Waals surface area contributed by atoms with E-state index in [1.807, 2.05) is 6.07 Å². The van der Waals surface area contributed by atoms with Crippen LogP contribution in [0.3, 0.4) is 0 Å². The third-order valence-corrected chi connectivity index (χ3v) is 3.42. The largest absolute Gasteiger partial charge is 0.481 e. The van der Waals surface area contributed by atoms with E-state index in [9.17, 15) is 9.59 Å². The van der Waals surface area contributed by atoms with Crippen LogP contribution in [0.15, 0.2) is 30.3 Å². The molecule has 0 heterocycles. The molecular formula is C15H16ClNO3. The third-order valence-electron chi connectivity index (χ3n) is 3.19. The van der Waals surface area contributed by atoms with E-state index in [0.717, 1.165) is 18.4 Å². The molecule has 0 spiro atoms.